The third kappa shape index (κ3) is 4.98. The van der Waals surface area contributed by atoms with Gasteiger partial charge in [-0.15, -0.1) is 0 Å². The van der Waals surface area contributed by atoms with Crippen LogP contribution in [0.5, 0.6) is 0 Å². The molecular formula is C19H16ClN5O4. The molecule has 0 bridgehead atoms. The van der Waals surface area contributed by atoms with Crippen LogP contribution in [0, 0.1) is 0 Å². The monoisotopic (exact) mass is 413 g/mol. The van der Waals surface area contributed by atoms with Gasteiger partial charge in [0.05, 0.1) is 16.1 Å². The predicted molar refractivity (Wildman–Crippen MR) is 106 cm³/mol. The summed E-state index contributed by atoms with van der Waals surface area (Å²) in [5.41, 5.74) is 5.03. The molecule has 0 aliphatic rings. The average Bonchev–Trinajstić information content (AvgIpc) is 2.72. The van der Waals surface area contributed by atoms with Crippen LogP contribution in [0.25, 0.3) is 11.0 Å². The number of halogens is 1. The van der Waals surface area contributed by atoms with Crippen molar-refractivity contribution in [3.05, 3.63) is 70.7 Å². The number of nitrogens with two attached hydrogens (primary N) is 1. The lowest BCUT2D eigenvalue weighted by atomic mass is 10.2. The minimum Gasteiger partial charge on any atom is -0.451 e. The van der Waals surface area contributed by atoms with Crippen LogP contribution >= 0.6 is 11.6 Å². The fourth-order valence-electron chi connectivity index (χ4n) is 2.46. The third-order valence-corrected chi connectivity index (χ3v) is 4.11. The largest absolute Gasteiger partial charge is 0.451 e. The highest BCUT2D eigenvalue weighted by Gasteiger charge is 2.12. The number of carbonyl (C=O) groups excluding carboxylic acids is 3. The van der Waals surface area contributed by atoms with Crippen molar-refractivity contribution >= 4 is 46.0 Å². The van der Waals surface area contributed by atoms with Gasteiger partial charge in [0.1, 0.15) is 12.0 Å². The molecule has 5 N–H and O–H groups in total. The summed E-state index contributed by atoms with van der Waals surface area (Å²) in [4.78, 5) is 35.9. The van der Waals surface area contributed by atoms with Crippen molar-refractivity contribution in [2.24, 2.45) is 10.9 Å². The van der Waals surface area contributed by atoms with Crippen molar-refractivity contribution in [2.75, 3.05) is 5.32 Å². The summed E-state index contributed by atoms with van der Waals surface area (Å²) in [6.07, 6.45) is -0.472. The first-order valence-corrected chi connectivity index (χ1v) is 8.76. The van der Waals surface area contributed by atoms with E-state index in [1.807, 2.05) is 5.43 Å². The fraction of sp³-hybridized carbons (Fsp3) is 0.0526. The number of fused-ring (bicyclic) bond motifs is 1. The minimum absolute atomic E-state index is 0.0874. The molecule has 29 heavy (non-hydrogen) atoms. The molecule has 0 saturated heterocycles. The van der Waals surface area contributed by atoms with Crippen LogP contribution < -0.4 is 27.4 Å². The number of anilines is 1. The van der Waals surface area contributed by atoms with E-state index in [1.54, 1.807) is 48.5 Å². The van der Waals surface area contributed by atoms with E-state index in [0.29, 0.717) is 21.7 Å². The number of nitrogen functional groups attached to an aromatic ring is 1. The molecule has 1 heterocycles. The molecular weight excluding hydrogens is 398 g/mol. The van der Waals surface area contributed by atoms with Gasteiger partial charge in [-0.2, -0.15) is 5.10 Å². The van der Waals surface area contributed by atoms with Crippen LogP contribution in [-0.2, 0) is 9.59 Å². The Balaban J connectivity index is 1.77. The Hall–Kier alpha value is -3.69. The highest BCUT2D eigenvalue weighted by atomic mass is 35.5. The van der Waals surface area contributed by atoms with Gasteiger partial charge in [-0.25, -0.2) is 11.3 Å². The van der Waals surface area contributed by atoms with Gasteiger partial charge in [0, 0.05) is 11.5 Å². The quantitative estimate of drug-likeness (QED) is 0.218. The summed E-state index contributed by atoms with van der Waals surface area (Å²) < 4.78 is 5.46. The summed E-state index contributed by atoms with van der Waals surface area (Å²) in [6, 6.07) is 14.8. The maximum Gasteiger partial charge on any atom is 0.300 e. The summed E-state index contributed by atoms with van der Waals surface area (Å²) in [7, 11) is 0. The lowest BCUT2D eigenvalue weighted by Gasteiger charge is -2.06. The Labute approximate surface area is 169 Å². The fourth-order valence-corrected chi connectivity index (χ4v) is 2.64. The lowest BCUT2D eigenvalue weighted by molar-refractivity contribution is -0.126. The predicted octanol–water partition coefficient (Wildman–Crippen LogP) is 1.65. The molecule has 3 aromatic rings. The Morgan fingerprint density at radius 1 is 1.03 bits per heavy atom. The second-order valence-electron chi connectivity index (χ2n) is 5.82. The van der Waals surface area contributed by atoms with Crippen molar-refractivity contribution in [3.63, 3.8) is 0 Å². The van der Waals surface area contributed by atoms with Crippen molar-refractivity contribution in [2.45, 2.75) is 6.42 Å². The molecule has 0 aliphatic carbocycles. The molecule has 0 radical (unpaired) electrons. The number of hydrazine groups is 1. The van der Waals surface area contributed by atoms with E-state index < -0.39 is 24.1 Å². The molecule has 1 aromatic heterocycles. The second-order valence-corrected chi connectivity index (χ2v) is 6.22. The van der Waals surface area contributed by atoms with E-state index in [1.165, 1.54) is 6.07 Å². The van der Waals surface area contributed by atoms with Crippen LogP contribution in [0.3, 0.4) is 0 Å². The molecule has 10 heteroatoms. The van der Waals surface area contributed by atoms with Gasteiger partial charge >= 0.3 is 5.91 Å². The summed E-state index contributed by atoms with van der Waals surface area (Å²) >= 11 is 5.97. The van der Waals surface area contributed by atoms with Crippen LogP contribution in [0.2, 0.25) is 5.02 Å². The van der Waals surface area contributed by atoms with Gasteiger partial charge in [0.25, 0.3) is 0 Å². The molecule has 9 nitrogen and oxygen atoms in total. The number of hydrogen-bond donors (Lipinski definition) is 4. The molecule has 0 atom stereocenters. The number of carbonyl (C=O) groups is 3. The molecule has 3 rings (SSSR count). The molecule has 3 amide bonds. The Morgan fingerprint density at radius 2 is 1.76 bits per heavy atom. The number of para-hydroxylation sites is 2. The number of nitrogens with zero attached hydrogens (tertiary/aromatic N) is 1. The van der Waals surface area contributed by atoms with E-state index in [2.05, 4.69) is 15.8 Å². The molecule has 0 aliphatic heterocycles. The van der Waals surface area contributed by atoms with Gasteiger partial charge in [0.15, 0.2) is 5.76 Å². The highest BCUT2D eigenvalue weighted by Crippen LogP contribution is 2.20. The molecule has 2 aromatic carbocycles. The lowest BCUT2D eigenvalue weighted by Crippen LogP contribution is -2.31. The maximum absolute atomic E-state index is 12.1. The Bertz CT molecular complexity index is 1160. The summed E-state index contributed by atoms with van der Waals surface area (Å²) in [6.45, 7) is 0. The first kappa shape index (κ1) is 20.1. The van der Waals surface area contributed by atoms with E-state index in [0.717, 1.165) is 0 Å². The van der Waals surface area contributed by atoms with E-state index in [4.69, 9.17) is 21.9 Å². The number of benzene rings is 2. The molecule has 148 valence electrons. The Morgan fingerprint density at radius 3 is 2.52 bits per heavy atom. The standard InChI is InChI=1S/C19H16ClN5O4/c20-12-6-2-3-7-13(12)22-17(26)10-18(27)25-24-14-9-16(19(28)23-21)29-15-8-4-1-5-11(14)15/h1-9H,10,21H2,(H,22,26)(H,23,28)(H,25,27)/b24-14+. The summed E-state index contributed by atoms with van der Waals surface area (Å²) in [5, 5.41) is 7.73. The topological polar surface area (TPSA) is 139 Å². The first-order valence-electron chi connectivity index (χ1n) is 8.38. The number of hydrogen-bond acceptors (Lipinski definition) is 6. The van der Waals surface area contributed by atoms with Gasteiger partial charge in [-0.3, -0.25) is 19.8 Å². The first-order chi connectivity index (χ1) is 14.0. The smallest absolute Gasteiger partial charge is 0.300 e. The zero-order valence-electron chi connectivity index (χ0n) is 14.9. The van der Waals surface area contributed by atoms with Gasteiger partial charge < -0.3 is 9.73 Å². The summed E-state index contributed by atoms with van der Waals surface area (Å²) in [5.74, 6) is 3.19. The van der Waals surface area contributed by atoms with Crippen LogP contribution in [0.4, 0.5) is 5.69 Å². The van der Waals surface area contributed by atoms with Crippen molar-refractivity contribution in [1.82, 2.24) is 10.9 Å². The van der Waals surface area contributed by atoms with E-state index in [9.17, 15) is 14.4 Å². The van der Waals surface area contributed by atoms with Gasteiger partial charge in [-0.05, 0) is 24.3 Å². The Kier molecular flexibility index (Phi) is 6.22. The van der Waals surface area contributed by atoms with Gasteiger partial charge in [-0.1, -0.05) is 35.9 Å². The molecule has 0 fully saturated rings. The zero-order chi connectivity index (χ0) is 20.8. The van der Waals surface area contributed by atoms with Crippen molar-refractivity contribution in [3.8, 4) is 0 Å². The number of amides is 3. The van der Waals surface area contributed by atoms with Crippen LogP contribution in [0.15, 0.2) is 64.1 Å². The van der Waals surface area contributed by atoms with Gasteiger partial charge in [0.2, 0.25) is 11.8 Å². The van der Waals surface area contributed by atoms with Crippen molar-refractivity contribution in [1.29, 1.82) is 0 Å². The average molecular weight is 414 g/mol. The van der Waals surface area contributed by atoms with E-state index in [-0.39, 0.29) is 11.1 Å². The van der Waals surface area contributed by atoms with E-state index >= 15 is 0 Å². The SMILES string of the molecule is NNC(=O)c1c/c(=N\NC(=O)CC(=O)Nc2ccccc2Cl)c2ccccc2o1. The second kappa shape index (κ2) is 9.00. The molecule has 0 unspecified atom stereocenters. The maximum atomic E-state index is 12.1. The third-order valence-electron chi connectivity index (χ3n) is 3.78. The number of rotatable bonds is 5. The molecule has 0 saturated carbocycles. The van der Waals surface area contributed by atoms with Crippen LogP contribution in [0.1, 0.15) is 17.0 Å². The van der Waals surface area contributed by atoms with Crippen LogP contribution in [-0.4, -0.2) is 17.7 Å². The normalized spacial score (nSPS) is 11.2. The minimum atomic E-state index is -0.655. The van der Waals surface area contributed by atoms with Crippen molar-refractivity contribution < 1.29 is 18.8 Å². The zero-order valence-corrected chi connectivity index (χ0v) is 15.7. The molecule has 0 spiro atoms. The number of nitrogens with one attached hydrogen (secondary N) is 3. The highest BCUT2D eigenvalue weighted by molar-refractivity contribution is 6.33.